The third-order valence-electron chi connectivity index (χ3n) is 4.92. The number of ether oxygens (including phenoxy) is 1. The van der Waals surface area contributed by atoms with Crippen LogP contribution in [-0.4, -0.2) is 49.7 Å². The molecule has 1 rings (SSSR count). The molecule has 4 nitrogen and oxygen atoms in total. The molecular formula is C16H32N2O2. The predicted octanol–water partition coefficient (Wildman–Crippen LogP) is 2.29. The zero-order chi connectivity index (χ0) is 15.2. The van der Waals surface area contributed by atoms with Crippen LogP contribution in [0, 0.1) is 11.8 Å². The number of hydrogen-bond donors (Lipinski definition) is 1. The van der Waals surface area contributed by atoms with Crippen LogP contribution in [0.5, 0.6) is 0 Å². The number of carbonyl (C=O) groups excluding carboxylic acids is 1. The van der Waals surface area contributed by atoms with Crippen molar-refractivity contribution in [2.24, 2.45) is 11.8 Å². The molecule has 118 valence electrons. The second kappa shape index (κ2) is 7.99. The Kier molecular flexibility index (Phi) is 6.96. The molecule has 1 aliphatic rings. The largest absolute Gasteiger partial charge is 0.468 e. The third-order valence-corrected chi connectivity index (χ3v) is 4.92. The average molecular weight is 284 g/mol. The maximum Gasteiger partial charge on any atom is 0.326 e. The zero-order valence-electron chi connectivity index (χ0n) is 13.9. The van der Waals surface area contributed by atoms with E-state index in [-0.39, 0.29) is 5.97 Å². The number of hydrogen-bond acceptors (Lipinski definition) is 4. The van der Waals surface area contributed by atoms with Gasteiger partial charge in [0.15, 0.2) is 0 Å². The Hall–Kier alpha value is -0.610. The van der Waals surface area contributed by atoms with Crippen molar-refractivity contribution in [2.75, 3.05) is 33.3 Å². The predicted molar refractivity (Wildman–Crippen MR) is 82.7 cm³/mol. The van der Waals surface area contributed by atoms with Gasteiger partial charge >= 0.3 is 5.97 Å². The first-order valence-electron chi connectivity index (χ1n) is 8.05. The second-order valence-electron chi connectivity index (χ2n) is 6.20. The third kappa shape index (κ3) is 3.95. The first-order chi connectivity index (χ1) is 9.50. The number of likely N-dealkylation sites (N-methyl/N-ethyl adjacent to an activating group) is 1. The van der Waals surface area contributed by atoms with Gasteiger partial charge in [-0.3, -0.25) is 4.79 Å². The van der Waals surface area contributed by atoms with Gasteiger partial charge in [-0.25, -0.2) is 0 Å². The molecule has 0 amide bonds. The molecule has 0 aliphatic heterocycles. The molecular weight excluding hydrogens is 252 g/mol. The van der Waals surface area contributed by atoms with Crippen molar-refractivity contribution in [2.45, 2.75) is 52.5 Å². The van der Waals surface area contributed by atoms with Gasteiger partial charge in [0.25, 0.3) is 0 Å². The van der Waals surface area contributed by atoms with Crippen molar-refractivity contribution in [1.82, 2.24) is 10.2 Å². The Balaban J connectivity index is 2.71. The van der Waals surface area contributed by atoms with Crippen LogP contribution >= 0.6 is 0 Å². The quantitative estimate of drug-likeness (QED) is 0.728. The van der Waals surface area contributed by atoms with Crippen molar-refractivity contribution >= 4 is 5.97 Å². The maximum absolute atomic E-state index is 12.4. The molecule has 0 bridgehead atoms. The molecule has 0 spiro atoms. The molecule has 1 N–H and O–H groups in total. The summed E-state index contributed by atoms with van der Waals surface area (Å²) < 4.78 is 5.11. The lowest BCUT2D eigenvalue weighted by atomic mass is 9.69. The van der Waals surface area contributed by atoms with E-state index >= 15 is 0 Å². The summed E-state index contributed by atoms with van der Waals surface area (Å²) in [7, 11) is 1.50. The molecule has 20 heavy (non-hydrogen) atoms. The Morgan fingerprint density at radius 1 is 1.30 bits per heavy atom. The Morgan fingerprint density at radius 3 is 2.50 bits per heavy atom. The van der Waals surface area contributed by atoms with E-state index in [0.29, 0.717) is 11.8 Å². The number of carbonyl (C=O) groups is 1. The van der Waals surface area contributed by atoms with Gasteiger partial charge in [0.05, 0.1) is 7.11 Å². The van der Waals surface area contributed by atoms with E-state index in [0.717, 1.165) is 39.0 Å². The molecule has 4 heteroatoms. The molecule has 0 aromatic carbocycles. The highest BCUT2D eigenvalue weighted by atomic mass is 16.5. The van der Waals surface area contributed by atoms with Gasteiger partial charge in [0.2, 0.25) is 0 Å². The first-order valence-corrected chi connectivity index (χ1v) is 8.05. The first kappa shape index (κ1) is 17.4. The Labute approximate surface area is 124 Å². The Morgan fingerprint density at radius 2 is 1.95 bits per heavy atom. The van der Waals surface area contributed by atoms with E-state index in [4.69, 9.17) is 4.74 Å². The minimum absolute atomic E-state index is 0.0869. The Bertz CT molecular complexity index is 305. The summed E-state index contributed by atoms with van der Waals surface area (Å²) in [5.41, 5.74) is -0.487. The van der Waals surface area contributed by atoms with Crippen LogP contribution in [0.3, 0.4) is 0 Å². The van der Waals surface area contributed by atoms with Crippen molar-refractivity contribution < 1.29 is 9.53 Å². The van der Waals surface area contributed by atoms with Crippen molar-refractivity contribution in [3.63, 3.8) is 0 Å². The van der Waals surface area contributed by atoms with E-state index in [2.05, 4.69) is 37.9 Å². The van der Waals surface area contributed by atoms with E-state index in [1.807, 2.05) is 0 Å². The number of esters is 1. The van der Waals surface area contributed by atoms with Crippen LogP contribution in [-0.2, 0) is 9.53 Å². The monoisotopic (exact) mass is 284 g/mol. The summed E-state index contributed by atoms with van der Waals surface area (Å²) in [5, 5.41) is 3.55. The number of methoxy groups -OCH3 is 1. The van der Waals surface area contributed by atoms with Crippen molar-refractivity contribution in [3.8, 4) is 0 Å². The van der Waals surface area contributed by atoms with E-state index in [1.165, 1.54) is 13.5 Å². The van der Waals surface area contributed by atoms with Gasteiger partial charge in [-0.2, -0.15) is 0 Å². The SMILES string of the molecule is CCN(CC)CCNC1(C(=O)OC)CC(C)CCC1C. The van der Waals surface area contributed by atoms with Crippen molar-refractivity contribution in [1.29, 1.82) is 0 Å². The smallest absolute Gasteiger partial charge is 0.326 e. The maximum atomic E-state index is 12.4. The van der Waals surface area contributed by atoms with E-state index in [9.17, 15) is 4.79 Å². The van der Waals surface area contributed by atoms with Gasteiger partial charge in [0.1, 0.15) is 5.54 Å². The van der Waals surface area contributed by atoms with Gasteiger partial charge in [-0.1, -0.05) is 34.1 Å². The van der Waals surface area contributed by atoms with Crippen LogP contribution < -0.4 is 5.32 Å². The minimum atomic E-state index is -0.487. The molecule has 1 aliphatic carbocycles. The summed E-state index contributed by atoms with van der Waals surface area (Å²) in [5.74, 6) is 0.824. The zero-order valence-corrected chi connectivity index (χ0v) is 13.9. The van der Waals surface area contributed by atoms with Crippen molar-refractivity contribution in [3.05, 3.63) is 0 Å². The fraction of sp³-hybridized carbons (Fsp3) is 0.938. The number of rotatable bonds is 7. The highest BCUT2D eigenvalue weighted by molar-refractivity contribution is 5.81. The number of nitrogens with zero attached hydrogens (tertiary/aromatic N) is 1. The molecule has 0 aromatic rings. The minimum Gasteiger partial charge on any atom is -0.468 e. The lowest BCUT2D eigenvalue weighted by Crippen LogP contribution is -2.61. The standard InChI is InChI=1S/C16H32N2O2/c1-6-18(7-2)11-10-17-16(15(19)20-5)12-13(3)8-9-14(16)4/h13-14,17H,6-12H2,1-5H3. The summed E-state index contributed by atoms with van der Waals surface area (Å²) in [6.45, 7) is 12.7. The highest BCUT2D eigenvalue weighted by Gasteiger charge is 2.47. The van der Waals surface area contributed by atoms with Crippen LogP contribution in [0.2, 0.25) is 0 Å². The molecule has 0 heterocycles. The van der Waals surface area contributed by atoms with Crippen LogP contribution in [0.15, 0.2) is 0 Å². The summed E-state index contributed by atoms with van der Waals surface area (Å²) in [6.07, 6.45) is 3.19. The molecule has 1 saturated carbocycles. The molecule has 1 fully saturated rings. The molecule has 3 unspecified atom stereocenters. The molecule has 0 radical (unpaired) electrons. The lowest BCUT2D eigenvalue weighted by Gasteiger charge is -2.43. The highest BCUT2D eigenvalue weighted by Crippen LogP contribution is 2.37. The molecule has 0 saturated heterocycles. The van der Waals surface area contributed by atoms with Gasteiger partial charge < -0.3 is 15.0 Å². The molecule has 0 aromatic heterocycles. The fourth-order valence-electron chi connectivity index (χ4n) is 3.40. The molecule has 3 atom stereocenters. The van der Waals surface area contributed by atoms with Crippen LogP contribution in [0.25, 0.3) is 0 Å². The number of nitrogens with one attached hydrogen (secondary N) is 1. The van der Waals surface area contributed by atoms with E-state index < -0.39 is 5.54 Å². The fourth-order valence-corrected chi connectivity index (χ4v) is 3.40. The second-order valence-corrected chi connectivity index (χ2v) is 6.20. The summed E-state index contributed by atoms with van der Waals surface area (Å²) in [6, 6.07) is 0. The normalized spacial score (nSPS) is 30.5. The van der Waals surface area contributed by atoms with Gasteiger partial charge in [-0.15, -0.1) is 0 Å². The topological polar surface area (TPSA) is 41.6 Å². The van der Waals surface area contributed by atoms with Crippen LogP contribution in [0.4, 0.5) is 0 Å². The average Bonchev–Trinajstić information content (AvgIpc) is 2.46. The van der Waals surface area contributed by atoms with E-state index in [1.54, 1.807) is 0 Å². The summed E-state index contributed by atoms with van der Waals surface area (Å²) in [4.78, 5) is 14.7. The van der Waals surface area contributed by atoms with Gasteiger partial charge in [0, 0.05) is 13.1 Å². The lowest BCUT2D eigenvalue weighted by molar-refractivity contribution is -0.153. The van der Waals surface area contributed by atoms with Crippen LogP contribution in [0.1, 0.15) is 47.0 Å². The summed E-state index contributed by atoms with van der Waals surface area (Å²) >= 11 is 0. The van der Waals surface area contributed by atoms with Gasteiger partial charge in [-0.05, 0) is 37.8 Å².